The van der Waals surface area contributed by atoms with E-state index in [0.717, 1.165) is 25.0 Å². The highest BCUT2D eigenvalue weighted by atomic mass is 16.4. The number of para-hydroxylation sites is 1. The van der Waals surface area contributed by atoms with Gasteiger partial charge in [0, 0.05) is 38.1 Å². The molecule has 0 aliphatic carbocycles. The fourth-order valence-corrected chi connectivity index (χ4v) is 3.03. The van der Waals surface area contributed by atoms with Crippen LogP contribution < -0.4 is 5.63 Å². The van der Waals surface area contributed by atoms with Crippen LogP contribution in [0.1, 0.15) is 24.2 Å². The summed E-state index contributed by atoms with van der Waals surface area (Å²) in [5, 5.41) is 0.772. The smallest absolute Gasteiger partial charge is 0.349 e. The maximum atomic E-state index is 12.6. The second-order valence-corrected chi connectivity index (χ2v) is 6.47. The van der Waals surface area contributed by atoms with Crippen LogP contribution >= 0.6 is 0 Å². The highest BCUT2D eigenvalue weighted by Gasteiger charge is 2.25. The first-order valence-corrected chi connectivity index (χ1v) is 8.09. The molecule has 5 nitrogen and oxygen atoms in total. The Balaban J connectivity index is 1.76. The normalized spacial score (nSPS) is 16.2. The standard InChI is InChI=1S/C18H22N2O3/c1-13(2)12-19-7-9-20(10-8-19)17(21)15-11-14-5-3-4-6-16(14)23-18(15)22/h3-6,11,13H,7-10,12H2,1-2H3. The summed E-state index contributed by atoms with van der Waals surface area (Å²) in [6.45, 7) is 8.43. The van der Waals surface area contributed by atoms with Crippen molar-refractivity contribution in [3.63, 3.8) is 0 Å². The van der Waals surface area contributed by atoms with E-state index in [0.29, 0.717) is 24.6 Å². The van der Waals surface area contributed by atoms with Crippen molar-refractivity contribution in [1.82, 2.24) is 9.80 Å². The topological polar surface area (TPSA) is 53.8 Å². The van der Waals surface area contributed by atoms with Crippen LogP contribution in [0.25, 0.3) is 11.0 Å². The van der Waals surface area contributed by atoms with Gasteiger partial charge in [0.25, 0.3) is 5.91 Å². The van der Waals surface area contributed by atoms with E-state index in [4.69, 9.17) is 4.42 Å². The maximum absolute atomic E-state index is 12.6. The Morgan fingerprint density at radius 1 is 1.17 bits per heavy atom. The van der Waals surface area contributed by atoms with E-state index in [2.05, 4.69) is 18.7 Å². The van der Waals surface area contributed by atoms with E-state index in [1.165, 1.54) is 0 Å². The zero-order valence-corrected chi connectivity index (χ0v) is 13.6. The van der Waals surface area contributed by atoms with Crippen molar-refractivity contribution in [3.05, 3.63) is 46.3 Å². The third-order valence-corrected chi connectivity index (χ3v) is 4.15. The fraction of sp³-hybridized carbons (Fsp3) is 0.444. The molecule has 1 amide bonds. The lowest BCUT2D eigenvalue weighted by Gasteiger charge is -2.35. The van der Waals surface area contributed by atoms with Gasteiger partial charge >= 0.3 is 5.63 Å². The molecule has 0 spiro atoms. The van der Waals surface area contributed by atoms with Crippen molar-refractivity contribution < 1.29 is 9.21 Å². The minimum Gasteiger partial charge on any atom is -0.422 e. The number of benzene rings is 1. The highest BCUT2D eigenvalue weighted by molar-refractivity contribution is 5.96. The van der Waals surface area contributed by atoms with Crippen molar-refractivity contribution in [2.45, 2.75) is 13.8 Å². The number of carbonyl (C=O) groups excluding carboxylic acids is 1. The number of hydrogen-bond donors (Lipinski definition) is 0. The lowest BCUT2D eigenvalue weighted by atomic mass is 10.1. The summed E-state index contributed by atoms with van der Waals surface area (Å²) in [4.78, 5) is 28.8. The predicted molar refractivity (Wildman–Crippen MR) is 89.7 cm³/mol. The van der Waals surface area contributed by atoms with Crippen LogP contribution in [0, 0.1) is 5.92 Å². The van der Waals surface area contributed by atoms with Gasteiger partial charge in [0.15, 0.2) is 0 Å². The molecule has 23 heavy (non-hydrogen) atoms. The number of rotatable bonds is 3. The van der Waals surface area contributed by atoms with E-state index in [1.54, 1.807) is 23.1 Å². The summed E-state index contributed by atoms with van der Waals surface area (Å²) < 4.78 is 5.27. The molecule has 0 bridgehead atoms. The van der Waals surface area contributed by atoms with Gasteiger partial charge in [-0.15, -0.1) is 0 Å². The Morgan fingerprint density at radius 2 is 1.87 bits per heavy atom. The zero-order valence-electron chi connectivity index (χ0n) is 13.6. The predicted octanol–water partition coefficient (Wildman–Crippen LogP) is 2.21. The number of amides is 1. The molecular formula is C18H22N2O3. The van der Waals surface area contributed by atoms with Crippen LogP contribution in [-0.2, 0) is 0 Å². The number of fused-ring (bicyclic) bond motifs is 1. The summed E-state index contributed by atoms with van der Waals surface area (Å²) in [6, 6.07) is 8.89. The molecule has 0 saturated carbocycles. The second-order valence-electron chi connectivity index (χ2n) is 6.47. The van der Waals surface area contributed by atoms with Gasteiger partial charge in [-0.2, -0.15) is 0 Å². The molecule has 0 radical (unpaired) electrons. The average molecular weight is 314 g/mol. The van der Waals surface area contributed by atoms with Crippen molar-refractivity contribution in [3.8, 4) is 0 Å². The SMILES string of the molecule is CC(C)CN1CCN(C(=O)c2cc3ccccc3oc2=O)CC1. The Morgan fingerprint density at radius 3 is 2.57 bits per heavy atom. The molecule has 122 valence electrons. The monoisotopic (exact) mass is 314 g/mol. The molecule has 2 heterocycles. The molecule has 0 atom stereocenters. The van der Waals surface area contributed by atoms with Crippen molar-refractivity contribution in [2.75, 3.05) is 32.7 Å². The van der Waals surface area contributed by atoms with Crippen LogP contribution in [0.2, 0.25) is 0 Å². The third-order valence-electron chi connectivity index (χ3n) is 4.15. The molecule has 1 saturated heterocycles. The van der Waals surface area contributed by atoms with Gasteiger partial charge in [-0.05, 0) is 18.1 Å². The molecule has 0 unspecified atom stereocenters. The van der Waals surface area contributed by atoms with E-state index >= 15 is 0 Å². The van der Waals surface area contributed by atoms with Gasteiger partial charge in [0.1, 0.15) is 11.1 Å². The van der Waals surface area contributed by atoms with Gasteiger partial charge in [-0.25, -0.2) is 4.79 Å². The van der Waals surface area contributed by atoms with E-state index in [-0.39, 0.29) is 11.5 Å². The summed E-state index contributed by atoms with van der Waals surface area (Å²) >= 11 is 0. The molecule has 2 aromatic rings. The lowest BCUT2D eigenvalue weighted by molar-refractivity contribution is 0.0620. The van der Waals surface area contributed by atoms with Crippen molar-refractivity contribution in [1.29, 1.82) is 0 Å². The van der Waals surface area contributed by atoms with Crippen LogP contribution in [0.4, 0.5) is 0 Å². The molecule has 3 rings (SSSR count). The van der Waals surface area contributed by atoms with E-state index in [1.807, 2.05) is 12.1 Å². The van der Waals surface area contributed by atoms with Crippen molar-refractivity contribution >= 4 is 16.9 Å². The maximum Gasteiger partial charge on any atom is 0.349 e. The summed E-state index contributed by atoms with van der Waals surface area (Å²) in [7, 11) is 0. The third kappa shape index (κ3) is 3.45. The first-order chi connectivity index (χ1) is 11.0. The number of nitrogens with zero attached hydrogens (tertiary/aromatic N) is 2. The van der Waals surface area contributed by atoms with Gasteiger partial charge in [0.05, 0.1) is 0 Å². The van der Waals surface area contributed by atoms with Crippen LogP contribution in [0.5, 0.6) is 0 Å². The Bertz CT molecular complexity index is 758. The molecule has 5 heteroatoms. The summed E-state index contributed by atoms with van der Waals surface area (Å²) in [5.41, 5.74) is 0.0788. The Kier molecular flexibility index (Phi) is 4.48. The second kappa shape index (κ2) is 6.54. The van der Waals surface area contributed by atoms with Crippen LogP contribution in [-0.4, -0.2) is 48.4 Å². The highest BCUT2D eigenvalue weighted by Crippen LogP contribution is 2.15. The van der Waals surface area contributed by atoms with Crippen LogP contribution in [0.15, 0.2) is 39.5 Å². The van der Waals surface area contributed by atoms with Gasteiger partial charge in [-0.3, -0.25) is 9.69 Å². The van der Waals surface area contributed by atoms with Crippen molar-refractivity contribution in [2.24, 2.45) is 5.92 Å². The van der Waals surface area contributed by atoms with Gasteiger partial charge in [0.2, 0.25) is 0 Å². The number of piperazine rings is 1. The van der Waals surface area contributed by atoms with Crippen LogP contribution in [0.3, 0.4) is 0 Å². The fourth-order valence-electron chi connectivity index (χ4n) is 3.03. The molecular weight excluding hydrogens is 292 g/mol. The Hall–Kier alpha value is -2.14. The molecule has 1 aromatic heterocycles. The molecule has 0 N–H and O–H groups in total. The number of carbonyl (C=O) groups is 1. The first-order valence-electron chi connectivity index (χ1n) is 8.09. The average Bonchev–Trinajstić information content (AvgIpc) is 2.54. The minimum absolute atomic E-state index is 0.126. The minimum atomic E-state index is -0.557. The zero-order chi connectivity index (χ0) is 16.4. The Labute approximate surface area is 135 Å². The summed E-state index contributed by atoms with van der Waals surface area (Å²) in [6.07, 6.45) is 0. The molecule has 1 aromatic carbocycles. The quantitative estimate of drug-likeness (QED) is 0.815. The summed E-state index contributed by atoms with van der Waals surface area (Å²) in [5.74, 6) is 0.387. The lowest BCUT2D eigenvalue weighted by Crippen LogP contribution is -2.50. The van der Waals surface area contributed by atoms with Gasteiger partial charge < -0.3 is 9.32 Å². The van der Waals surface area contributed by atoms with E-state index < -0.39 is 5.63 Å². The van der Waals surface area contributed by atoms with E-state index in [9.17, 15) is 9.59 Å². The first kappa shape index (κ1) is 15.7. The molecule has 1 fully saturated rings. The number of hydrogen-bond acceptors (Lipinski definition) is 4. The molecule has 1 aliphatic heterocycles. The molecule has 1 aliphatic rings. The largest absolute Gasteiger partial charge is 0.422 e. The van der Waals surface area contributed by atoms with Gasteiger partial charge in [-0.1, -0.05) is 32.0 Å².